The predicted octanol–water partition coefficient (Wildman–Crippen LogP) is 0.415. The lowest BCUT2D eigenvalue weighted by Gasteiger charge is -2.37. The highest BCUT2D eigenvalue weighted by molar-refractivity contribution is 8.03. The highest BCUT2D eigenvalue weighted by Crippen LogP contribution is 2.48. The number of aliphatic hydroxyl groups excluding tert-OH is 1. The Labute approximate surface area is 175 Å². The number of hydrazine groups is 1. The molecule has 9 nitrogen and oxygen atoms in total. The molecule has 5 unspecified atom stereocenters. The van der Waals surface area contributed by atoms with E-state index >= 15 is 0 Å². The van der Waals surface area contributed by atoms with E-state index in [4.69, 9.17) is 5.11 Å². The van der Waals surface area contributed by atoms with Crippen LogP contribution in [0.5, 0.6) is 0 Å². The Hall–Kier alpha value is -1.62. The van der Waals surface area contributed by atoms with E-state index in [9.17, 15) is 19.5 Å². The molecule has 0 aromatic rings. The number of thioether (sulfide) groups is 1. The smallest absolute Gasteiger partial charge is 0.353 e. The molecule has 2 amide bonds. The minimum absolute atomic E-state index is 0.000998. The summed E-state index contributed by atoms with van der Waals surface area (Å²) >= 11 is 1.58. The van der Waals surface area contributed by atoms with Crippen LogP contribution in [-0.4, -0.2) is 69.4 Å². The minimum atomic E-state index is -1.02. The number of hydrogen-bond acceptors (Lipinski definition) is 7. The number of hydrogen-bond donors (Lipinski definition) is 5. The lowest BCUT2D eigenvalue weighted by atomic mass is 9.94. The Morgan fingerprint density at radius 2 is 1.90 bits per heavy atom. The second kappa shape index (κ2) is 10.4. The van der Waals surface area contributed by atoms with E-state index < -0.39 is 5.97 Å². The molecule has 0 aromatic heterocycles. The van der Waals surface area contributed by atoms with Gasteiger partial charge in [0.15, 0.2) is 0 Å². The van der Waals surface area contributed by atoms with Crippen molar-refractivity contribution in [1.82, 2.24) is 21.1 Å². The predicted molar refractivity (Wildman–Crippen MR) is 111 cm³/mol. The Balaban J connectivity index is 0.000000551. The van der Waals surface area contributed by atoms with Crippen molar-refractivity contribution in [2.24, 2.45) is 5.92 Å². The van der Waals surface area contributed by atoms with Crippen molar-refractivity contribution >= 4 is 29.5 Å². The van der Waals surface area contributed by atoms with E-state index in [-0.39, 0.29) is 53.4 Å². The van der Waals surface area contributed by atoms with Crippen LogP contribution in [0.2, 0.25) is 0 Å². The van der Waals surface area contributed by atoms with Crippen LogP contribution >= 0.6 is 11.8 Å². The van der Waals surface area contributed by atoms with Gasteiger partial charge in [-0.15, -0.1) is 11.8 Å². The van der Waals surface area contributed by atoms with Crippen LogP contribution in [0.25, 0.3) is 0 Å². The summed E-state index contributed by atoms with van der Waals surface area (Å²) in [5.74, 6) is -1.04. The number of nitrogens with one attached hydrogen (secondary N) is 3. The van der Waals surface area contributed by atoms with Crippen molar-refractivity contribution in [3.05, 3.63) is 10.6 Å². The first-order valence-electron chi connectivity index (χ1n) is 10.2. The number of aliphatic carboxylic acids is 1. The van der Waals surface area contributed by atoms with Gasteiger partial charge in [0.1, 0.15) is 5.70 Å². The maximum absolute atomic E-state index is 11.8. The molecule has 4 aliphatic rings. The van der Waals surface area contributed by atoms with Gasteiger partial charge in [-0.25, -0.2) is 10.2 Å². The van der Waals surface area contributed by atoms with Crippen LogP contribution in [0, 0.1) is 5.92 Å². The summed E-state index contributed by atoms with van der Waals surface area (Å²) in [4.78, 5) is 37.0. The van der Waals surface area contributed by atoms with Crippen molar-refractivity contribution in [2.45, 2.75) is 70.3 Å². The third-order valence-corrected chi connectivity index (χ3v) is 6.87. The molecular formula is C19H32N4O5S. The second-order valence-corrected chi connectivity index (χ2v) is 8.49. The summed E-state index contributed by atoms with van der Waals surface area (Å²) in [7, 11) is 0. The lowest BCUT2D eigenvalue weighted by molar-refractivity contribution is -0.148. The van der Waals surface area contributed by atoms with E-state index in [0.29, 0.717) is 12.8 Å². The molecule has 0 bridgehead atoms. The van der Waals surface area contributed by atoms with Crippen molar-refractivity contribution in [2.75, 3.05) is 13.2 Å². The molecule has 10 heteroatoms. The monoisotopic (exact) mass is 428 g/mol. The highest BCUT2D eigenvalue weighted by Gasteiger charge is 2.52. The molecule has 3 fully saturated rings. The maximum Gasteiger partial charge on any atom is 0.353 e. The lowest BCUT2D eigenvalue weighted by Crippen LogP contribution is -2.51. The molecule has 0 aromatic carbocycles. The van der Waals surface area contributed by atoms with E-state index in [1.54, 1.807) is 18.7 Å². The number of aliphatic hydroxyl groups is 1. The number of rotatable bonds is 4. The summed E-state index contributed by atoms with van der Waals surface area (Å²) in [5.41, 5.74) is 5.79. The zero-order chi connectivity index (χ0) is 21.7. The second-order valence-electron chi connectivity index (χ2n) is 7.15. The van der Waals surface area contributed by atoms with Gasteiger partial charge in [-0.1, -0.05) is 20.8 Å². The van der Waals surface area contributed by atoms with Crippen molar-refractivity contribution in [3.8, 4) is 0 Å². The minimum Gasteiger partial charge on any atom is -0.477 e. The summed E-state index contributed by atoms with van der Waals surface area (Å²) in [6.07, 6.45) is 1.76. The maximum atomic E-state index is 11.8. The fraction of sp³-hybridized carbons (Fsp3) is 0.737. The Kier molecular flexibility index (Phi) is 8.50. The normalized spacial score (nSPS) is 32.6. The largest absolute Gasteiger partial charge is 0.477 e. The van der Waals surface area contributed by atoms with E-state index in [1.807, 2.05) is 20.8 Å². The average molecular weight is 429 g/mol. The fourth-order valence-electron chi connectivity index (χ4n) is 4.04. The number of fused-ring (bicyclic) bond motifs is 1. The number of amides is 2. The Bertz CT molecular complexity index is 671. The van der Waals surface area contributed by atoms with Gasteiger partial charge in [0.2, 0.25) is 11.8 Å². The van der Waals surface area contributed by atoms with Gasteiger partial charge in [-0.05, 0) is 13.3 Å². The third kappa shape index (κ3) is 4.93. The number of nitrogens with zero attached hydrogens (tertiary/aromatic N) is 1. The van der Waals surface area contributed by atoms with Gasteiger partial charge >= 0.3 is 5.97 Å². The standard InChI is InChI=1S/C15H20N4O4S.C2H6O.C2H6/c1-6-10-4-12(21)19(10)13(15(22)23)14(6)24-7-2-8(16-5-7)9-3-11(20)18-17-9;1-2-3;1-2/h6-10,16-17H,2-5H2,1H3,(H,18,20)(H,22,23);3H,2H2,1H3;1-2H3. The number of carbonyl (C=O) groups excluding carboxylic acids is 2. The molecule has 0 aliphatic carbocycles. The quantitative estimate of drug-likeness (QED) is 0.407. The molecule has 0 radical (unpaired) electrons. The van der Waals surface area contributed by atoms with Gasteiger partial charge in [-0.2, -0.15) is 0 Å². The Morgan fingerprint density at radius 1 is 1.24 bits per heavy atom. The third-order valence-electron chi connectivity index (χ3n) is 5.36. The first kappa shape index (κ1) is 23.7. The molecule has 4 aliphatic heterocycles. The van der Waals surface area contributed by atoms with Gasteiger partial charge in [-0.3, -0.25) is 15.0 Å². The summed E-state index contributed by atoms with van der Waals surface area (Å²) < 4.78 is 0. The van der Waals surface area contributed by atoms with Crippen LogP contribution in [0.1, 0.15) is 47.0 Å². The van der Waals surface area contributed by atoms with Gasteiger partial charge < -0.3 is 20.4 Å². The number of carboxylic acid groups (broad SMARTS) is 1. The van der Waals surface area contributed by atoms with Gasteiger partial charge in [0.05, 0.1) is 12.1 Å². The highest BCUT2D eigenvalue weighted by atomic mass is 32.2. The summed E-state index contributed by atoms with van der Waals surface area (Å²) in [5, 5.41) is 20.8. The van der Waals surface area contributed by atoms with Crippen molar-refractivity contribution < 1.29 is 24.6 Å². The van der Waals surface area contributed by atoms with E-state index in [1.165, 1.54) is 4.90 Å². The molecule has 29 heavy (non-hydrogen) atoms. The summed E-state index contributed by atoms with van der Waals surface area (Å²) in [6.45, 7) is 8.70. The molecule has 0 saturated carbocycles. The SMILES string of the molecule is CC.CC1C(SC2CNC(C3CC(=O)NN3)C2)=C(C(=O)O)N2C(=O)CC12.CCO. The van der Waals surface area contributed by atoms with Crippen LogP contribution in [0.3, 0.4) is 0 Å². The first-order chi connectivity index (χ1) is 13.9. The van der Waals surface area contributed by atoms with E-state index in [2.05, 4.69) is 16.2 Å². The molecule has 164 valence electrons. The fourth-order valence-corrected chi connectivity index (χ4v) is 5.55. The molecule has 3 saturated heterocycles. The van der Waals surface area contributed by atoms with Gasteiger partial charge in [0, 0.05) is 48.1 Å². The number of carbonyl (C=O) groups is 3. The number of carboxylic acids is 1. The first-order valence-corrected chi connectivity index (χ1v) is 11.1. The zero-order valence-electron chi connectivity index (χ0n) is 17.4. The van der Waals surface area contributed by atoms with Gasteiger partial charge in [0.25, 0.3) is 0 Å². The molecule has 4 rings (SSSR count). The van der Waals surface area contributed by atoms with Crippen LogP contribution < -0.4 is 16.2 Å². The molecule has 5 N–H and O–H groups in total. The summed E-state index contributed by atoms with van der Waals surface area (Å²) in [6, 6.07) is 0.263. The zero-order valence-corrected chi connectivity index (χ0v) is 18.2. The van der Waals surface area contributed by atoms with Crippen LogP contribution in [-0.2, 0) is 14.4 Å². The van der Waals surface area contributed by atoms with Crippen molar-refractivity contribution in [3.63, 3.8) is 0 Å². The molecule has 5 atom stereocenters. The molecular weight excluding hydrogens is 396 g/mol. The van der Waals surface area contributed by atoms with Crippen LogP contribution in [0.15, 0.2) is 10.6 Å². The molecule has 4 heterocycles. The topological polar surface area (TPSA) is 131 Å². The molecule has 0 spiro atoms. The Morgan fingerprint density at radius 3 is 2.41 bits per heavy atom. The average Bonchev–Trinajstić information content (AvgIpc) is 3.37. The number of β-lactam (4-membered cyclic amide) rings is 1. The van der Waals surface area contributed by atoms with Crippen molar-refractivity contribution in [1.29, 1.82) is 0 Å². The van der Waals surface area contributed by atoms with Crippen LogP contribution in [0.4, 0.5) is 0 Å². The van der Waals surface area contributed by atoms with E-state index in [0.717, 1.165) is 17.9 Å².